The van der Waals surface area contributed by atoms with Crippen LogP contribution in [0.1, 0.15) is 0 Å². The number of rotatable bonds is 1. The highest BCUT2D eigenvalue weighted by molar-refractivity contribution is 5.95. The Bertz CT molecular complexity index is 841. The Morgan fingerprint density at radius 2 is 2.00 bits per heavy atom. The number of benzene rings is 1. The van der Waals surface area contributed by atoms with Crippen LogP contribution in [0.5, 0.6) is 0 Å². The predicted molar refractivity (Wildman–Crippen MR) is 71.2 cm³/mol. The third-order valence-corrected chi connectivity index (χ3v) is 3.18. The Balaban J connectivity index is 2.00. The normalized spacial score (nSPS) is 11.3. The maximum absolute atomic E-state index is 4.30. The third-order valence-electron chi connectivity index (χ3n) is 3.18. The zero-order chi connectivity index (χ0) is 11.9. The molecule has 0 atom stereocenters. The number of nitrogens with zero attached hydrogens (tertiary/aromatic N) is 2. The van der Waals surface area contributed by atoms with Gasteiger partial charge in [0.15, 0.2) is 0 Å². The van der Waals surface area contributed by atoms with Crippen molar-refractivity contribution >= 4 is 22.1 Å². The van der Waals surface area contributed by atoms with E-state index in [-0.39, 0.29) is 0 Å². The van der Waals surface area contributed by atoms with Crippen molar-refractivity contribution in [1.29, 1.82) is 0 Å². The fraction of sp³-hybridized carbons (Fsp3) is 0. The first-order chi connectivity index (χ1) is 8.92. The summed E-state index contributed by atoms with van der Waals surface area (Å²) in [6, 6.07) is 10.3. The Hall–Kier alpha value is -2.62. The molecule has 0 aliphatic carbocycles. The molecule has 0 aliphatic heterocycles. The molecule has 0 amide bonds. The summed E-state index contributed by atoms with van der Waals surface area (Å²) in [6.07, 6.45) is 5.50. The summed E-state index contributed by atoms with van der Waals surface area (Å²) in [5.74, 6) is 0. The molecule has 1 aromatic carbocycles. The predicted octanol–water partition coefficient (Wildman–Crippen LogP) is 3.11. The molecule has 3 heterocycles. The minimum atomic E-state index is 0.912. The molecule has 86 valence electrons. The number of hydrogen-bond acceptors (Lipinski definition) is 2. The van der Waals surface area contributed by atoms with Crippen LogP contribution in [0.15, 0.2) is 49.1 Å². The quantitative estimate of drug-likeness (QED) is 0.531. The van der Waals surface area contributed by atoms with Crippen molar-refractivity contribution in [2.45, 2.75) is 0 Å². The fourth-order valence-corrected chi connectivity index (χ4v) is 2.29. The van der Waals surface area contributed by atoms with Crippen LogP contribution in [0.3, 0.4) is 0 Å². The number of aromatic amines is 2. The molecule has 2 N–H and O–H groups in total. The van der Waals surface area contributed by atoms with E-state index in [1.807, 2.05) is 18.3 Å². The monoisotopic (exact) mass is 234 g/mol. The molecule has 0 saturated heterocycles. The van der Waals surface area contributed by atoms with Gasteiger partial charge in [0.05, 0.1) is 17.4 Å². The van der Waals surface area contributed by atoms with Gasteiger partial charge in [0, 0.05) is 23.3 Å². The van der Waals surface area contributed by atoms with E-state index in [9.17, 15) is 0 Å². The molecular weight excluding hydrogens is 224 g/mol. The third kappa shape index (κ3) is 1.26. The van der Waals surface area contributed by atoms with Gasteiger partial charge in [-0.1, -0.05) is 6.07 Å². The van der Waals surface area contributed by atoms with Gasteiger partial charge in [0.2, 0.25) is 0 Å². The largest absolute Gasteiger partial charge is 0.346 e. The first-order valence-corrected chi connectivity index (χ1v) is 5.77. The minimum absolute atomic E-state index is 0.912. The lowest BCUT2D eigenvalue weighted by Crippen LogP contribution is -1.77. The van der Waals surface area contributed by atoms with E-state index in [2.05, 4.69) is 38.1 Å². The summed E-state index contributed by atoms with van der Waals surface area (Å²) in [7, 11) is 0. The zero-order valence-corrected chi connectivity index (χ0v) is 9.51. The van der Waals surface area contributed by atoms with Gasteiger partial charge in [-0.05, 0) is 29.8 Å². The molecule has 0 spiro atoms. The molecule has 0 fully saturated rings. The Labute approximate surface area is 103 Å². The summed E-state index contributed by atoms with van der Waals surface area (Å²) in [4.78, 5) is 14.9. The maximum atomic E-state index is 4.30. The van der Waals surface area contributed by atoms with Crippen molar-refractivity contribution in [2.75, 3.05) is 0 Å². The fourth-order valence-electron chi connectivity index (χ4n) is 2.29. The SMILES string of the molecule is c1cnc2[nH]cc(-c3ccc4[nH]cnc4c3)c2c1. The number of hydrogen-bond donors (Lipinski definition) is 2. The highest BCUT2D eigenvalue weighted by Gasteiger charge is 2.07. The van der Waals surface area contributed by atoms with E-state index >= 15 is 0 Å². The molecule has 4 rings (SSSR count). The number of H-pyrrole nitrogens is 2. The van der Waals surface area contributed by atoms with Gasteiger partial charge in [-0.25, -0.2) is 9.97 Å². The summed E-state index contributed by atoms with van der Waals surface area (Å²) >= 11 is 0. The molecule has 3 aromatic heterocycles. The maximum Gasteiger partial charge on any atom is 0.137 e. The Kier molecular flexibility index (Phi) is 1.80. The minimum Gasteiger partial charge on any atom is -0.346 e. The standard InChI is InChI=1S/C14H10N4/c1-2-10-11(7-16-14(10)15-5-1)9-3-4-12-13(6-9)18-8-17-12/h1-8H,(H,15,16)(H,17,18). The zero-order valence-electron chi connectivity index (χ0n) is 9.51. The summed E-state index contributed by atoms with van der Waals surface area (Å²) in [5, 5.41) is 1.13. The van der Waals surface area contributed by atoms with E-state index in [1.165, 1.54) is 0 Å². The number of fused-ring (bicyclic) bond motifs is 2. The first-order valence-electron chi connectivity index (χ1n) is 5.77. The number of nitrogens with one attached hydrogen (secondary N) is 2. The van der Waals surface area contributed by atoms with Crippen LogP contribution in [0, 0.1) is 0 Å². The summed E-state index contributed by atoms with van der Waals surface area (Å²) < 4.78 is 0. The van der Waals surface area contributed by atoms with Crippen molar-refractivity contribution in [3.05, 3.63) is 49.1 Å². The van der Waals surface area contributed by atoms with Crippen LogP contribution >= 0.6 is 0 Å². The molecule has 0 aliphatic rings. The Morgan fingerprint density at radius 1 is 1.00 bits per heavy atom. The average Bonchev–Trinajstić information content (AvgIpc) is 3.04. The molecule has 4 heteroatoms. The first kappa shape index (κ1) is 9.41. The number of imidazole rings is 1. The van der Waals surface area contributed by atoms with Crippen molar-refractivity contribution in [1.82, 2.24) is 19.9 Å². The van der Waals surface area contributed by atoms with E-state index in [0.717, 1.165) is 33.2 Å². The van der Waals surface area contributed by atoms with Gasteiger partial charge in [-0.2, -0.15) is 0 Å². The summed E-state index contributed by atoms with van der Waals surface area (Å²) in [6.45, 7) is 0. The van der Waals surface area contributed by atoms with Gasteiger partial charge in [0.25, 0.3) is 0 Å². The molecule has 0 bridgehead atoms. The molecule has 0 radical (unpaired) electrons. The van der Waals surface area contributed by atoms with Crippen molar-refractivity contribution < 1.29 is 0 Å². The topological polar surface area (TPSA) is 57.4 Å². The molecule has 4 aromatic rings. The lowest BCUT2D eigenvalue weighted by atomic mass is 10.1. The summed E-state index contributed by atoms with van der Waals surface area (Å²) in [5.41, 5.74) is 5.24. The second kappa shape index (κ2) is 3.43. The molecule has 0 saturated carbocycles. The van der Waals surface area contributed by atoms with Crippen LogP contribution in [0.2, 0.25) is 0 Å². The van der Waals surface area contributed by atoms with Crippen LogP contribution in [-0.4, -0.2) is 19.9 Å². The lowest BCUT2D eigenvalue weighted by molar-refractivity contribution is 1.33. The van der Waals surface area contributed by atoms with Crippen molar-refractivity contribution in [2.24, 2.45) is 0 Å². The van der Waals surface area contributed by atoms with Crippen molar-refractivity contribution in [3.8, 4) is 11.1 Å². The molecular formula is C14H10N4. The van der Waals surface area contributed by atoms with Crippen LogP contribution in [0.25, 0.3) is 33.2 Å². The Morgan fingerprint density at radius 3 is 3.00 bits per heavy atom. The second-order valence-electron chi connectivity index (χ2n) is 4.24. The van der Waals surface area contributed by atoms with E-state index in [1.54, 1.807) is 12.5 Å². The van der Waals surface area contributed by atoms with Gasteiger partial charge in [-0.3, -0.25) is 0 Å². The van der Waals surface area contributed by atoms with Gasteiger partial charge in [0.1, 0.15) is 5.65 Å². The number of aromatic nitrogens is 4. The molecule has 18 heavy (non-hydrogen) atoms. The molecule has 0 unspecified atom stereocenters. The number of pyridine rings is 1. The second-order valence-corrected chi connectivity index (χ2v) is 4.24. The van der Waals surface area contributed by atoms with Gasteiger partial charge in [-0.15, -0.1) is 0 Å². The van der Waals surface area contributed by atoms with Crippen LogP contribution < -0.4 is 0 Å². The van der Waals surface area contributed by atoms with Crippen LogP contribution in [0.4, 0.5) is 0 Å². The van der Waals surface area contributed by atoms with E-state index in [4.69, 9.17) is 0 Å². The highest BCUT2D eigenvalue weighted by Crippen LogP contribution is 2.28. The van der Waals surface area contributed by atoms with Gasteiger partial charge < -0.3 is 9.97 Å². The van der Waals surface area contributed by atoms with Crippen LogP contribution in [-0.2, 0) is 0 Å². The highest BCUT2D eigenvalue weighted by atomic mass is 14.9. The smallest absolute Gasteiger partial charge is 0.137 e. The average molecular weight is 234 g/mol. The van der Waals surface area contributed by atoms with E-state index in [0.29, 0.717) is 0 Å². The van der Waals surface area contributed by atoms with Gasteiger partial charge >= 0.3 is 0 Å². The lowest BCUT2D eigenvalue weighted by Gasteiger charge is -1.99. The van der Waals surface area contributed by atoms with E-state index < -0.39 is 0 Å². The molecule has 4 nitrogen and oxygen atoms in total. The van der Waals surface area contributed by atoms with Crippen molar-refractivity contribution in [3.63, 3.8) is 0 Å².